The second-order valence-electron chi connectivity index (χ2n) is 6.50. The topological polar surface area (TPSA) is 48.9 Å². The molecular weight excluding hydrogens is 288 g/mol. The number of hydrogen-bond donors (Lipinski definition) is 2. The monoisotopic (exact) mass is 318 g/mol. The fourth-order valence-corrected chi connectivity index (χ4v) is 2.77. The van der Waals surface area contributed by atoms with E-state index in [-0.39, 0.29) is 5.60 Å². The number of anilines is 1. The summed E-state index contributed by atoms with van der Waals surface area (Å²) in [6.07, 6.45) is 2.24. The van der Waals surface area contributed by atoms with Gasteiger partial charge in [0.1, 0.15) is 0 Å². The Morgan fingerprint density at radius 2 is 2.09 bits per heavy atom. The van der Waals surface area contributed by atoms with E-state index in [4.69, 9.17) is 4.74 Å². The van der Waals surface area contributed by atoms with Gasteiger partial charge < -0.3 is 20.3 Å². The van der Waals surface area contributed by atoms with Gasteiger partial charge in [-0.1, -0.05) is 18.2 Å². The summed E-state index contributed by atoms with van der Waals surface area (Å²) in [5.74, 6) is 0.829. The average Bonchev–Trinajstić information content (AvgIpc) is 3.01. The van der Waals surface area contributed by atoms with Crippen molar-refractivity contribution in [2.24, 2.45) is 4.99 Å². The first kappa shape index (κ1) is 17.6. The first-order valence-electron chi connectivity index (χ1n) is 8.40. The Hall–Kier alpha value is -1.75. The molecule has 5 nitrogen and oxygen atoms in total. The number of para-hydroxylation sites is 1. The Labute approximate surface area is 140 Å². The number of nitrogens with zero attached hydrogens (tertiary/aromatic N) is 2. The molecule has 1 aliphatic heterocycles. The summed E-state index contributed by atoms with van der Waals surface area (Å²) in [5, 5.41) is 6.78. The Balaban J connectivity index is 1.78. The summed E-state index contributed by atoms with van der Waals surface area (Å²) >= 11 is 0. The number of rotatable bonds is 6. The molecule has 0 radical (unpaired) electrons. The highest BCUT2D eigenvalue weighted by molar-refractivity contribution is 5.79. The van der Waals surface area contributed by atoms with E-state index in [2.05, 4.69) is 65.7 Å². The Kier molecular flexibility index (Phi) is 6.28. The zero-order valence-corrected chi connectivity index (χ0v) is 14.8. The average molecular weight is 318 g/mol. The number of benzene rings is 1. The third-order valence-electron chi connectivity index (χ3n) is 4.54. The van der Waals surface area contributed by atoms with Gasteiger partial charge in [0, 0.05) is 45.5 Å². The summed E-state index contributed by atoms with van der Waals surface area (Å²) in [6.45, 7) is 6.84. The molecule has 2 atom stereocenters. The van der Waals surface area contributed by atoms with Gasteiger partial charge in [0.05, 0.1) is 5.60 Å². The first-order chi connectivity index (χ1) is 11.0. The lowest BCUT2D eigenvalue weighted by atomic mass is 10.0. The summed E-state index contributed by atoms with van der Waals surface area (Å²) < 4.78 is 5.80. The number of nitrogens with one attached hydrogen (secondary N) is 2. The molecule has 0 aliphatic carbocycles. The van der Waals surface area contributed by atoms with Crippen molar-refractivity contribution in [1.82, 2.24) is 10.6 Å². The maximum absolute atomic E-state index is 5.80. The van der Waals surface area contributed by atoms with Crippen molar-refractivity contribution in [2.45, 2.75) is 38.3 Å². The van der Waals surface area contributed by atoms with Crippen molar-refractivity contribution in [3.05, 3.63) is 30.3 Å². The highest BCUT2D eigenvalue weighted by atomic mass is 16.5. The largest absolute Gasteiger partial charge is 0.373 e. The van der Waals surface area contributed by atoms with Crippen molar-refractivity contribution >= 4 is 11.6 Å². The summed E-state index contributed by atoms with van der Waals surface area (Å²) in [4.78, 5) is 6.57. The van der Waals surface area contributed by atoms with E-state index in [0.29, 0.717) is 6.04 Å². The van der Waals surface area contributed by atoms with Gasteiger partial charge in [0.25, 0.3) is 0 Å². The summed E-state index contributed by atoms with van der Waals surface area (Å²) in [5.41, 5.74) is 1.15. The van der Waals surface area contributed by atoms with Crippen LogP contribution in [0.4, 0.5) is 5.69 Å². The Morgan fingerprint density at radius 3 is 2.70 bits per heavy atom. The molecule has 5 heteroatoms. The molecule has 1 fully saturated rings. The molecule has 23 heavy (non-hydrogen) atoms. The van der Waals surface area contributed by atoms with Crippen LogP contribution in [0.5, 0.6) is 0 Å². The van der Waals surface area contributed by atoms with E-state index >= 15 is 0 Å². The molecule has 1 aromatic rings. The van der Waals surface area contributed by atoms with Crippen molar-refractivity contribution in [3.8, 4) is 0 Å². The number of hydrogen-bond acceptors (Lipinski definition) is 3. The number of likely N-dealkylation sites (N-methyl/N-ethyl adjacent to an activating group) is 1. The quantitative estimate of drug-likeness (QED) is 0.624. The summed E-state index contributed by atoms with van der Waals surface area (Å²) in [6, 6.07) is 10.8. The summed E-state index contributed by atoms with van der Waals surface area (Å²) in [7, 11) is 3.92. The van der Waals surface area contributed by atoms with Crippen LogP contribution in [-0.4, -0.2) is 51.4 Å². The van der Waals surface area contributed by atoms with Gasteiger partial charge in [-0.25, -0.2) is 0 Å². The van der Waals surface area contributed by atoms with Gasteiger partial charge in [0.15, 0.2) is 5.96 Å². The second-order valence-corrected chi connectivity index (χ2v) is 6.50. The Morgan fingerprint density at radius 1 is 1.35 bits per heavy atom. The van der Waals surface area contributed by atoms with Gasteiger partial charge in [0.2, 0.25) is 0 Å². The first-order valence-corrected chi connectivity index (χ1v) is 8.40. The predicted octanol–water partition coefficient (Wildman–Crippen LogP) is 2.25. The molecule has 128 valence electrons. The van der Waals surface area contributed by atoms with Gasteiger partial charge >= 0.3 is 0 Å². The van der Waals surface area contributed by atoms with E-state index < -0.39 is 0 Å². The van der Waals surface area contributed by atoms with Crippen LogP contribution in [0.25, 0.3) is 0 Å². The maximum Gasteiger partial charge on any atom is 0.191 e. The molecular formula is C18H30N4O. The molecule has 0 aromatic heterocycles. The van der Waals surface area contributed by atoms with Gasteiger partial charge in [-0.15, -0.1) is 0 Å². The molecule has 2 N–H and O–H groups in total. The number of guanidine groups is 1. The third kappa shape index (κ3) is 5.13. The smallest absolute Gasteiger partial charge is 0.191 e. The molecule has 1 aromatic carbocycles. The minimum Gasteiger partial charge on any atom is -0.373 e. The molecule has 1 aliphatic rings. The van der Waals surface area contributed by atoms with Gasteiger partial charge in [-0.05, 0) is 38.8 Å². The third-order valence-corrected chi connectivity index (χ3v) is 4.54. The van der Waals surface area contributed by atoms with E-state index in [1.54, 1.807) is 7.05 Å². The van der Waals surface area contributed by atoms with Crippen LogP contribution >= 0.6 is 0 Å². The normalized spacial score (nSPS) is 22.7. The van der Waals surface area contributed by atoms with Gasteiger partial charge in [-0.2, -0.15) is 0 Å². The van der Waals surface area contributed by atoms with Crippen LogP contribution < -0.4 is 15.5 Å². The zero-order valence-electron chi connectivity index (χ0n) is 14.8. The molecule has 2 unspecified atom stereocenters. The van der Waals surface area contributed by atoms with Crippen LogP contribution in [0.3, 0.4) is 0 Å². The zero-order chi connectivity index (χ0) is 16.7. The molecule has 2 rings (SSSR count). The molecule has 1 heterocycles. The maximum atomic E-state index is 5.80. The lowest BCUT2D eigenvalue weighted by molar-refractivity contribution is 0.0243. The van der Waals surface area contributed by atoms with Crippen LogP contribution in [0.1, 0.15) is 26.7 Å². The van der Waals surface area contributed by atoms with Crippen LogP contribution in [0, 0.1) is 0 Å². The fraction of sp³-hybridized carbons (Fsp3) is 0.611. The number of aliphatic imine (C=N–C) groups is 1. The van der Waals surface area contributed by atoms with Crippen LogP contribution in [0.15, 0.2) is 35.3 Å². The van der Waals surface area contributed by atoms with Gasteiger partial charge in [-0.3, -0.25) is 4.99 Å². The fourth-order valence-electron chi connectivity index (χ4n) is 2.77. The van der Waals surface area contributed by atoms with Crippen molar-refractivity contribution < 1.29 is 4.74 Å². The molecule has 1 saturated heterocycles. The van der Waals surface area contributed by atoms with Crippen LogP contribution in [0.2, 0.25) is 0 Å². The van der Waals surface area contributed by atoms with Crippen molar-refractivity contribution in [2.75, 3.05) is 38.7 Å². The predicted molar refractivity (Wildman–Crippen MR) is 97.3 cm³/mol. The molecule has 0 amide bonds. The van der Waals surface area contributed by atoms with Crippen LogP contribution in [-0.2, 0) is 4.74 Å². The Bertz CT molecular complexity index is 497. The lowest BCUT2D eigenvalue weighted by Crippen LogP contribution is -2.48. The minimum atomic E-state index is -0.0654. The standard InChI is InChI=1S/C18H30N4O/c1-15(22(4)16-9-6-5-7-10-16)13-20-17(19-3)21-14-18(2)11-8-12-23-18/h5-7,9-10,15H,8,11-14H2,1-4H3,(H2,19,20,21). The van der Waals surface area contributed by atoms with E-state index in [0.717, 1.165) is 38.5 Å². The SMILES string of the molecule is CN=C(NCC(C)N(C)c1ccccc1)NCC1(C)CCCO1. The lowest BCUT2D eigenvalue weighted by Gasteiger charge is -2.29. The molecule has 0 spiro atoms. The minimum absolute atomic E-state index is 0.0654. The van der Waals surface area contributed by atoms with E-state index in [1.165, 1.54) is 5.69 Å². The van der Waals surface area contributed by atoms with Crippen molar-refractivity contribution in [1.29, 1.82) is 0 Å². The van der Waals surface area contributed by atoms with E-state index in [1.807, 2.05) is 6.07 Å². The van der Waals surface area contributed by atoms with E-state index in [9.17, 15) is 0 Å². The molecule has 0 bridgehead atoms. The second kappa shape index (κ2) is 8.20. The number of ether oxygens (including phenoxy) is 1. The molecule has 0 saturated carbocycles. The van der Waals surface area contributed by atoms with Crippen molar-refractivity contribution in [3.63, 3.8) is 0 Å². The highest BCUT2D eigenvalue weighted by Crippen LogP contribution is 2.23. The highest BCUT2D eigenvalue weighted by Gasteiger charge is 2.29.